The SMILES string of the molecule is COCC(O)CCNc1nccn(C(C)(C)C)c1=O. The molecule has 1 atom stereocenters. The van der Waals surface area contributed by atoms with Crippen molar-refractivity contribution in [2.24, 2.45) is 0 Å². The van der Waals surface area contributed by atoms with Crippen molar-refractivity contribution in [1.29, 1.82) is 0 Å². The molecule has 0 radical (unpaired) electrons. The maximum Gasteiger partial charge on any atom is 0.293 e. The Labute approximate surface area is 113 Å². The van der Waals surface area contributed by atoms with Crippen LogP contribution in [0.4, 0.5) is 5.82 Å². The average molecular weight is 269 g/mol. The maximum atomic E-state index is 12.2. The van der Waals surface area contributed by atoms with Gasteiger partial charge in [0.1, 0.15) is 0 Å². The summed E-state index contributed by atoms with van der Waals surface area (Å²) in [7, 11) is 1.54. The third-order valence-corrected chi connectivity index (χ3v) is 2.69. The number of nitrogens with zero attached hydrogens (tertiary/aromatic N) is 2. The molecule has 1 unspecified atom stereocenters. The molecule has 6 nitrogen and oxygen atoms in total. The summed E-state index contributed by atoms with van der Waals surface area (Å²) in [6.07, 6.45) is 3.23. The van der Waals surface area contributed by atoms with E-state index in [1.165, 1.54) is 7.11 Å². The van der Waals surface area contributed by atoms with Gasteiger partial charge in [-0.25, -0.2) is 4.98 Å². The molecule has 1 rings (SSSR count). The van der Waals surface area contributed by atoms with Crippen molar-refractivity contribution < 1.29 is 9.84 Å². The molecule has 0 aliphatic heterocycles. The lowest BCUT2D eigenvalue weighted by Crippen LogP contribution is -2.35. The summed E-state index contributed by atoms with van der Waals surface area (Å²) < 4.78 is 6.47. The number of hydrogen-bond acceptors (Lipinski definition) is 5. The first kappa shape index (κ1) is 15.7. The summed E-state index contributed by atoms with van der Waals surface area (Å²) in [5, 5.41) is 12.5. The molecule has 0 aromatic carbocycles. The van der Waals surface area contributed by atoms with Crippen LogP contribution in [0.5, 0.6) is 0 Å². The zero-order valence-corrected chi connectivity index (χ0v) is 12.0. The van der Waals surface area contributed by atoms with Gasteiger partial charge in [0, 0.05) is 31.6 Å². The Morgan fingerprint density at radius 1 is 1.53 bits per heavy atom. The van der Waals surface area contributed by atoms with Gasteiger partial charge in [-0.2, -0.15) is 0 Å². The third kappa shape index (κ3) is 4.65. The van der Waals surface area contributed by atoms with E-state index < -0.39 is 6.10 Å². The van der Waals surface area contributed by atoms with Gasteiger partial charge in [0.15, 0.2) is 5.82 Å². The van der Waals surface area contributed by atoms with Crippen LogP contribution in [0.15, 0.2) is 17.2 Å². The van der Waals surface area contributed by atoms with Crippen LogP contribution in [-0.4, -0.2) is 41.0 Å². The fourth-order valence-electron chi connectivity index (χ4n) is 1.69. The van der Waals surface area contributed by atoms with Gasteiger partial charge in [-0.1, -0.05) is 0 Å². The van der Waals surface area contributed by atoms with Crippen molar-refractivity contribution >= 4 is 5.82 Å². The van der Waals surface area contributed by atoms with Crippen LogP contribution < -0.4 is 10.9 Å². The smallest absolute Gasteiger partial charge is 0.293 e. The van der Waals surface area contributed by atoms with Gasteiger partial charge in [0.25, 0.3) is 5.56 Å². The summed E-state index contributed by atoms with van der Waals surface area (Å²) >= 11 is 0. The predicted octanol–water partition coefficient (Wildman–Crippen LogP) is 0.808. The van der Waals surface area contributed by atoms with Crippen LogP contribution in [0, 0.1) is 0 Å². The summed E-state index contributed by atoms with van der Waals surface area (Å²) in [5.41, 5.74) is -0.442. The van der Waals surface area contributed by atoms with E-state index in [-0.39, 0.29) is 17.7 Å². The molecule has 1 aromatic rings. The molecule has 6 heteroatoms. The van der Waals surface area contributed by atoms with E-state index in [0.29, 0.717) is 18.8 Å². The monoisotopic (exact) mass is 269 g/mol. The van der Waals surface area contributed by atoms with Gasteiger partial charge in [-0.3, -0.25) is 4.79 Å². The lowest BCUT2D eigenvalue weighted by atomic mass is 10.1. The van der Waals surface area contributed by atoms with Gasteiger partial charge in [0.2, 0.25) is 0 Å². The number of anilines is 1. The van der Waals surface area contributed by atoms with Gasteiger partial charge < -0.3 is 19.7 Å². The highest BCUT2D eigenvalue weighted by Gasteiger charge is 2.16. The molecule has 19 heavy (non-hydrogen) atoms. The number of methoxy groups -OCH3 is 1. The summed E-state index contributed by atoms with van der Waals surface area (Å²) in [5.74, 6) is 0.307. The number of aromatic nitrogens is 2. The molecule has 1 heterocycles. The minimum atomic E-state index is -0.536. The highest BCUT2D eigenvalue weighted by Crippen LogP contribution is 2.10. The van der Waals surface area contributed by atoms with Crippen LogP contribution >= 0.6 is 0 Å². The van der Waals surface area contributed by atoms with E-state index in [9.17, 15) is 9.90 Å². The lowest BCUT2D eigenvalue weighted by molar-refractivity contribution is 0.0615. The van der Waals surface area contributed by atoms with E-state index >= 15 is 0 Å². The third-order valence-electron chi connectivity index (χ3n) is 2.69. The molecule has 0 fully saturated rings. The highest BCUT2D eigenvalue weighted by molar-refractivity contribution is 5.30. The molecule has 0 aliphatic carbocycles. The normalized spacial score (nSPS) is 13.3. The molecule has 0 saturated heterocycles. The van der Waals surface area contributed by atoms with Crippen molar-refractivity contribution in [3.63, 3.8) is 0 Å². The van der Waals surface area contributed by atoms with Crippen LogP contribution in [0.2, 0.25) is 0 Å². The zero-order valence-electron chi connectivity index (χ0n) is 12.0. The molecule has 0 amide bonds. The Morgan fingerprint density at radius 3 is 2.79 bits per heavy atom. The fraction of sp³-hybridized carbons (Fsp3) is 0.692. The molecule has 108 valence electrons. The minimum Gasteiger partial charge on any atom is -0.391 e. The number of nitrogens with one attached hydrogen (secondary N) is 1. The second-order valence-corrected chi connectivity index (χ2v) is 5.45. The van der Waals surface area contributed by atoms with Crippen LogP contribution in [0.1, 0.15) is 27.2 Å². The van der Waals surface area contributed by atoms with Gasteiger partial charge >= 0.3 is 0 Å². The second-order valence-electron chi connectivity index (χ2n) is 5.45. The molecule has 0 spiro atoms. The van der Waals surface area contributed by atoms with E-state index in [1.54, 1.807) is 17.0 Å². The second kappa shape index (κ2) is 6.68. The highest BCUT2D eigenvalue weighted by atomic mass is 16.5. The average Bonchev–Trinajstić information content (AvgIpc) is 2.30. The molecular weight excluding hydrogens is 246 g/mol. The van der Waals surface area contributed by atoms with Crippen LogP contribution in [0.25, 0.3) is 0 Å². The number of aliphatic hydroxyl groups excluding tert-OH is 1. The Morgan fingerprint density at radius 2 is 2.21 bits per heavy atom. The first-order valence-corrected chi connectivity index (χ1v) is 6.35. The molecule has 2 N–H and O–H groups in total. The van der Waals surface area contributed by atoms with Crippen molar-refractivity contribution in [1.82, 2.24) is 9.55 Å². The zero-order chi connectivity index (χ0) is 14.5. The largest absolute Gasteiger partial charge is 0.391 e. The Kier molecular flexibility index (Phi) is 5.50. The van der Waals surface area contributed by atoms with Crippen molar-refractivity contribution in [2.45, 2.75) is 38.8 Å². The first-order valence-electron chi connectivity index (χ1n) is 6.35. The quantitative estimate of drug-likeness (QED) is 0.799. The molecular formula is C13H23N3O3. The van der Waals surface area contributed by atoms with Crippen molar-refractivity contribution in [2.75, 3.05) is 25.6 Å². The molecule has 0 saturated carbocycles. The number of rotatable bonds is 6. The molecule has 1 aromatic heterocycles. The van der Waals surface area contributed by atoms with Crippen molar-refractivity contribution in [3.8, 4) is 0 Å². The van der Waals surface area contributed by atoms with Gasteiger partial charge in [-0.05, 0) is 27.2 Å². The Balaban J connectivity index is 2.68. The van der Waals surface area contributed by atoms with Crippen molar-refractivity contribution in [3.05, 3.63) is 22.7 Å². The van der Waals surface area contributed by atoms with E-state index in [0.717, 1.165) is 0 Å². The summed E-state index contributed by atoms with van der Waals surface area (Å²) in [6, 6.07) is 0. The molecule has 0 aliphatic rings. The number of hydrogen-bond donors (Lipinski definition) is 2. The van der Waals surface area contributed by atoms with E-state index in [1.807, 2.05) is 20.8 Å². The summed E-state index contributed by atoms with van der Waals surface area (Å²) in [6.45, 7) is 6.64. The lowest BCUT2D eigenvalue weighted by Gasteiger charge is -2.22. The maximum absolute atomic E-state index is 12.2. The Bertz CT molecular complexity index is 451. The molecule has 0 bridgehead atoms. The van der Waals surface area contributed by atoms with E-state index in [2.05, 4.69) is 10.3 Å². The predicted molar refractivity (Wildman–Crippen MR) is 74.5 cm³/mol. The number of aliphatic hydroxyl groups is 1. The summed E-state index contributed by atoms with van der Waals surface area (Å²) in [4.78, 5) is 16.2. The van der Waals surface area contributed by atoms with E-state index in [4.69, 9.17) is 4.74 Å². The van der Waals surface area contributed by atoms with Crippen LogP contribution in [-0.2, 0) is 10.3 Å². The Hall–Kier alpha value is -1.40. The first-order chi connectivity index (χ1) is 8.86. The standard InChI is InChI=1S/C13H23N3O3/c1-13(2,3)16-8-7-15-11(12(16)18)14-6-5-10(17)9-19-4/h7-8,10,17H,5-6,9H2,1-4H3,(H,14,15). The topological polar surface area (TPSA) is 76.4 Å². The van der Waals surface area contributed by atoms with Gasteiger partial charge in [-0.15, -0.1) is 0 Å². The van der Waals surface area contributed by atoms with Crippen LogP contribution in [0.3, 0.4) is 0 Å². The fourth-order valence-corrected chi connectivity index (χ4v) is 1.69. The van der Waals surface area contributed by atoms with Gasteiger partial charge in [0.05, 0.1) is 12.7 Å². The number of ether oxygens (including phenoxy) is 1. The minimum absolute atomic E-state index is 0.156.